The summed E-state index contributed by atoms with van der Waals surface area (Å²) in [6.07, 6.45) is 3.11. The lowest BCUT2D eigenvalue weighted by Crippen LogP contribution is -2.19. The third-order valence-electron chi connectivity index (χ3n) is 3.01. The first-order valence-corrected chi connectivity index (χ1v) is 10.4. The summed E-state index contributed by atoms with van der Waals surface area (Å²) in [7, 11) is -4.80. The van der Waals surface area contributed by atoms with E-state index in [1.54, 1.807) is 14.1 Å². The summed E-state index contributed by atoms with van der Waals surface area (Å²) < 4.78 is 50.8. The van der Waals surface area contributed by atoms with Gasteiger partial charge in [0.1, 0.15) is 15.6 Å². The molecule has 0 amide bonds. The van der Waals surface area contributed by atoms with E-state index >= 15 is 0 Å². The molecule has 0 aromatic carbocycles. The van der Waals surface area contributed by atoms with Gasteiger partial charge in [-0.05, 0) is 6.07 Å². The van der Waals surface area contributed by atoms with Crippen molar-refractivity contribution < 1.29 is 21.9 Å². The number of aromatic nitrogens is 2. The van der Waals surface area contributed by atoms with Crippen LogP contribution in [0.5, 0.6) is 5.75 Å². The van der Waals surface area contributed by atoms with E-state index in [1.165, 1.54) is 4.90 Å². The molecule has 2 aromatic rings. The Kier molecular flexibility index (Phi) is 5.11. The summed E-state index contributed by atoms with van der Waals surface area (Å²) in [5, 5.41) is 9.83. The standard InChI is InChI=1S/C13H15ClN4O5S2/c1-18(2)13-11(24(3,20)21)5-9(7-16-13)25(22,23)17-12-10(19)4-8(14)6-15-12/h4-7,19H,1-3H3,(H,15,17). The molecule has 2 heterocycles. The van der Waals surface area contributed by atoms with E-state index in [1.807, 2.05) is 0 Å². The number of rotatable bonds is 5. The van der Waals surface area contributed by atoms with Gasteiger partial charge in [0.25, 0.3) is 10.0 Å². The van der Waals surface area contributed by atoms with Crippen LogP contribution in [0.1, 0.15) is 0 Å². The van der Waals surface area contributed by atoms with Crippen molar-refractivity contribution in [1.82, 2.24) is 9.97 Å². The minimum absolute atomic E-state index is 0.105. The van der Waals surface area contributed by atoms with E-state index in [-0.39, 0.29) is 21.6 Å². The van der Waals surface area contributed by atoms with Crippen molar-refractivity contribution in [3.05, 3.63) is 29.5 Å². The van der Waals surface area contributed by atoms with Crippen molar-refractivity contribution in [3.8, 4) is 5.75 Å². The van der Waals surface area contributed by atoms with Crippen LogP contribution >= 0.6 is 11.6 Å². The Bertz CT molecular complexity index is 1020. The zero-order chi connectivity index (χ0) is 19.0. The number of anilines is 2. The quantitative estimate of drug-likeness (QED) is 0.755. The Balaban J connectivity index is 2.53. The molecule has 0 aliphatic heterocycles. The molecule has 136 valence electrons. The Morgan fingerprint density at radius 3 is 2.28 bits per heavy atom. The number of sulfonamides is 1. The van der Waals surface area contributed by atoms with Gasteiger partial charge in [-0.2, -0.15) is 0 Å². The lowest BCUT2D eigenvalue weighted by Gasteiger charge is -2.16. The number of hydrogen-bond acceptors (Lipinski definition) is 8. The van der Waals surface area contributed by atoms with Crippen LogP contribution in [-0.4, -0.2) is 52.3 Å². The lowest BCUT2D eigenvalue weighted by atomic mass is 10.4. The number of nitrogens with one attached hydrogen (secondary N) is 1. The fourth-order valence-corrected chi connectivity index (χ4v) is 4.00. The van der Waals surface area contributed by atoms with E-state index in [4.69, 9.17) is 11.6 Å². The molecular weight excluding hydrogens is 392 g/mol. The van der Waals surface area contributed by atoms with Gasteiger partial charge in [-0.15, -0.1) is 0 Å². The molecule has 0 fully saturated rings. The first kappa shape index (κ1) is 19.2. The number of sulfone groups is 1. The summed E-state index contributed by atoms with van der Waals surface area (Å²) in [5.41, 5.74) is 0. The van der Waals surface area contributed by atoms with Crippen molar-refractivity contribution in [1.29, 1.82) is 0 Å². The highest BCUT2D eigenvalue weighted by Gasteiger charge is 2.23. The van der Waals surface area contributed by atoms with Crippen molar-refractivity contribution in [2.45, 2.75) is 9.79 Å². The molecule has 0 atom stereocenters. The third-order valence-corrected chi connectivity index (χ3v) is 5.62. The maximum absolute atomic E-state index is 12.5. The Morgan fingerprint density at radius 1 is 1.12 bits per heavy atom. The predicted molar refractivity (Wildman–Crippen MR) is 93.4 cm³/mol. The highest BCUT2D eigenvalue weighted by molar-refractivity contribution is 7.93. The Morgan fingerprint density at radius 2 is 1.76 bits per heavy atom. The molecule has 0 aliphatic rings. The maximum Gasteiger partial charge on any atom is 0.264 e. The number of nitrogens with zero attached hydrogens (tertiary/aromatic N) is 3. The molecule has 0 saturated carbocycles. The molecule has 0 unspecified atom stereocenters. The van der Waals surface area contributed by atoms with Gasteiger partial charge >= 0.3 is 0 Å². The summed E-state index contributed by atoms with van der Waals surface area (Å²) in [6, 6.07) is 2.11. The van der Waals surface area contributed by atoms with E-state index in [9.17, 15) is 21.9 Å². The molecule has 0 spiro atoms. The number of aromatic hydroxyl groups is 1. The van der Waals surface area contributed by atoms with E-state index in [0.717, 1.165) is 30.8 Å². The molecule has 2 N–H and O–H groups in total. The second-order valence-corrected chi connectivity index (χ2v) is 9.39. The first-order valence-electron chi connectivity index (χ1n) is 6.66. The largest absolute Gasteiger partial charge is 0.504 e. The zero-order valence-electron chi connectivity index (χ0n) is 13.4. The molecule has 9 nitrogen and oxygen atoms in total. The van der Waals surface area contributed by atoms with Crippen molar-refractivity contribution in [2.75, 3.05) is 30.0 Å². The maximum atomic E-state index is 12.5. The van der Waals surface area contributed by atoms with Crippen LogP contribution < -0.4 is 9.62 Å². The summed E-state index contributed by atoms with van der Waals surface area (Å²) in [5.74, 6) is -0.715. The molecule has 0 bridgehead atoms. The van der Waals surface area contributed by atoms with Crippen molar-refractivity contribution in [3.63, 3.8) is 0 Å². The first-order chi connectivity index (χ1) is 11.4. The summed E-state index contributed by atoms with van der Waals surface area (Å²) in [4.78, 5) is 8.41. The molecule has 0 saturated heterocycles. The van der Waals surface area contributed by atoms with Gasteiger partial charge in [-0.1, -0.05) is 11.6 Å². The van der Waals surface area contributed by atoms with Crippen LogP contribution in [0.2, 0.25) is 5.02 Å². The SMILES string of the molecule is CN(C)c1ncc(S(=O)(=O)Nc2ncc(Cl)cc2O)cc1S(C)(=O)=O. The normalized spacial score (nSPS) is 12.0. The van der Waals surface area contributed by atoms with Gasteiger partial charge < -0.3 is 10.0 Å². The molecule has 2 aromatic heterocycles. The van der Waals surface area contributed by atoms with Crippen LogP contribution in [-0.2, 0) is 19.9 Å². The molecule has 2 rings (SSSR count). The van der Waals surface area contributed by atoms with Gasteiger partial charge in [-0.3, -0.25) is 4.72 Å². The topological polar surface area (TPSA) is 130 Å². The predicted octanol–water partition coefficient (Wildman–Crippen LogP) is 1.11. The molecule has 25 heavy (non-hydrogen) atoms. The smallest absolute Gasteiger partial charge is 0.264 e. The van der Waals surface area contributed by atoms with E-state index < -0.39 is 30.5 Å². The monoisotopic (exact) mass is 406 g/mol. The van der Waals surface area contributed by atoms with Crippen LogP contribution in [0.3, 0.4) is 0 Å². The highest BCUT2D eigenvalue weighted by atomic mass is 35.5. The molecule has 0 radical (unpaired) electrons. The Hall–Kier alpha value is -2.11. The third kappa shape index (κ3) is 4.30. The second kappa shape index (κ2) is 6.65. The fraction of sp³-hybridized carbons (Fsp3) is 0.231. The van der Waals surface area contributed by atoms with Gasteiger partial charge in [0.15, 0.2) is 21.4 Å². The number of pyridine rings is 2. The summed E-state index contributed by atoms with van der Waals surface area (Å²) in [6.45, 7) is 0. The zero-order valence-corrected chi connectivity index (χ0v) is 15.8. The summed E-state index contributed by atoms with van der Waals surface area (Å²) >= 11 is 5.64. The molecular formula is C13H15ClN4O5S2. The second-order valence-electron chi connectivity index (χ2n) is 5.29. The number of halogens is 1. The van der Waals surface area contributed by atoms with Gasteiger partial charge in [0.05, 0.1) is 5.02 Å². The minimum atomic E-state index is -4.23. The number of hydrogen-bond donors (Lipinski definition) is 2. The highest BCUT2D eigenvalue weighted by Crippen LogP contribution is 2.28. The van der Waals surface area contributed by atoms with Gasteiger partial charge in [-0.25, -0.2) is 26.8 Å². The molecule has 0 aliphatic carbocycles. The van der Waals surface area contributed by atoms with Gasteiger partial charge in [0, 0.05) is 38.8 Å². The van der Waals surface area contributed by atoms with Crippen LogP contribution in [0.15, 0.2) is 34.3 Å². The van der Waals surface area contributed by atoms with Gasteiger partial charge in [0.2, 0.25) is 0 Å². The lowest BCUT2D eigenvalue weighted by molar-refractivity contribution is 0.475. The van der Waals surface area contributed by atoms with E-state index in [2.05, 4.69) is 14.7 Å². The van der Waals surface area contributed by atoms with Crippen molar-refractivity contribution >= 4 is 43.1 Å². The van der Waals surface area contributed by atoms with Crippen LogP contribution in [0, 0.1) is 0 Å². The van der Waals surface area contributed by atoms with E-state index in [0.29, 0.717) is 0 Å². The van der Waals surface area contributed by atoms with Crippen molar-refractivity contribution in [2.24, 2.45) is 0 Å². The Labute approximate surface area is 150 Å². The van der Waals surface area contributed by atoms with Crippen LogP contribution in [0.25, 0.3) is 0 Å². The molecule has 12 heteroatoms. The van der Waals surface area contributed by atoms with Crippen LogP contribution in [0.4, 0.5) is 11.6 Å². The average Bonchev–Trinajstić information content (AvgIpc) is 2.48. The average molecular weight is 407 g/mol. The minimum Gasteiger partial charge on any atom is -0.504 e. The fourth-order valence-electron chi connectivity index (χ4n) is 1.87.